The van der Waals surface area contributed by atoms with E-state index in [4.69, 9.17) is 16.6 Å². The fourth-order valence-electron chi connectivity index (χ4n) is 3.56. The molecular weight excluding hydrogens is 384 g/mol. The molecular formula is C22H22N4O2S. The Morgan fingerprint density at radius 1 is 1.28 bits per heavy atom. The maximum Gasteiger partial charge on any atom is 0.224 e. The van der Waals surface area contributed by atoms with Gasteiger partial charge in [-0.2, -0.15) is 0 Å². The van der Waals surface area contributed by atoms with Gasteiger partial charge in [0.25, 0.3) is 0 Å². The molecule has 1 saturated heterocycles. The summed E-state index contributed by atoms with van der Waals surface area (Å²) in [7, 11) is 0. The van der Waals surface area contributed by atoms with E-state index in [0.717, 1.165) is 28.4 Å². The van der Waals surface area contributed by atoms with Crippen molar-refractivity contribution in [2.24, 2.45) is 0 Å². The van der Waals surface area contributed by atoms with Crippen LogP contribution in [0.1, 0.15) is 42.4 Å². The maximum absolute atomic E-state index is 11.8. The molecule has 0 spiro atoms. The molecule has 2 aromatic heterocycles. The van der Waals surface area contributed by atoms with Crippen molar-refractivity contribution in [1.29, 1.82) is 0 Å². The molecule has 2 N–H and O–H groups in total. The van der Waals surface area contributed by atoms with Gasteiger partial charge in [-0.15, -0.1) is 0 Å². The van der Waals surface area contributed by atoms with Crippen LogP contribution in [0.25, 0.3) is 0 Å². The third-order valence-corrected chi connectivity index (χ3v) is 5.33. The molecule has 0 bridgehead atoms. The van der Waals surface area contributed by atoms with Crippen molar-refractivity contribution in [2.45, 2.75) is 32.4 Å². The Morgan fingerprint density at radius 3 is 2.79 bits per heavy atom. The van der Waals surface area contributed by atoms with Crippen LogP contribution in [0.3, 0.4) is 0 Å². The average Bonchev–Trinajstić information content (AvgIpc) is 3.37. The molecule has 2 atom stereocenters. The minimum atomic E-state index is -0.178. The van der Waals surface area contributed by atoms with Gasteiger partial charge in [0.15, 0.2) is 5.11 Å². The highest BCUT2D eigenvalue weighted by Gasteiger charge is 2.42. The number of amides is 1. The quantitative estimate of drug-likeness (QED) is 0.608. The first-order valence-electron chi connectivity index (χ1n) is 9.53. The molecule has 1 amide bonds. The van der Waals surface area contributed by atoms with Crippen molar-refractivity contribution in [2.75, 3.05) is 10.2 Å². The van der Waals surface area contributed by atoms with Gasteiger partial charge in [-0.05, 0) is 67.2 Å². The molecule has 1 aromatic carbocycles. The summed E-state index contributed by atoms with van der Waals surface area (Å²) >= 11 is 5.69. The van der Waals surface area contributed by atoms with Crippen LogP contribution in [0.2, 0.25) is 0 Å². The Bertz CT molecular complexity index is 1020. The zero-order valence-corrected chi connectivity index (χ0v) is 17.1. The lowest BCUT2D eigenvalue weighted by Gasteiger charge is -2.26. The second-order valence-corrected chi connectivity index (χ2v) is 7.30. The summed E-state index contributed by atoms with van der Waals surface area (Å²) in [5.74, 6) is 0.789. The summed E-state index contributed by atoms with van der Waals surface area (Å²) in [6.45, 7) is 3.80. The standard InChI is InChI=1S/C22H22N4O2S/c1-3-19(27)24-16-10-9-15(13-14(16)2)26-21(18-8-6-12-28-18)20(25-22(26)29)17-7-4-5-11-23-17/h4-13,20-21H,3H2,1-2H3,(H,24,27)(H,25,29). The van der Waals surface area contributed by atoms with Crippen molar-refractivity contribution < 1.29 is 9.21 Å². The van der Waals surface area contributed by atoms with Crippen molar-refractivity contribution in [3.05, 3.63) is 78.0 Å². The van der Waals surface area contributed by atoms with Gasteiger partial charge in [-0.1, -0.05) is 13.0 Å². The van der Waals surface area contributed by atoms with Crippen LogP contribution in [0.4, 0.5) is 11.4 Å². The highest BCUT2D eigenvalue weighted by atomic mass is 32.1. The van der Waals surface area contributed by atoms with Crippen molar-refractivity contribution in [1.82, 2.24) is 10.3 Å². The largest absolute Gasteiger partial charge is 0.467 e. The van der Waals surface area contributed by atoms with E-state index in [0.29, 0.717) is 11.5 Å². The number of pyridine rings is 1. The highest BCUT2D eigenvalue weighted by Crippen LogP contribution is 2.42. The van der Waals surface area contributed by atoms with Crippen LogP contribution in [0, 0.1) is 6.92 Å². The second kappa shape index (κ2) is 8.05. The summed E-state index contributed by atoms with van der Waals surface area (Å²) < 4.78 is 5.76. The number of benzene rings is 1. The number of aryl methyl sites for hydroxylation is 1. The SMILES string of the molecule is CCC(=O)Nc1ccc(N2C(=S)NC(c3ccccn3)C2c2ccco2)cc1C. The predicted octanol–water partition coefficient (Wildman–Crippen LogP) is 4.51. The number of carbonyl (C=O) groups is 1. The summed E-state index contributed by atoms with van der Waals surface area (Å²) in [6, 6.07) is 15.2. The second-order valence-electron chi connectivity index (χ2n) is 6.91. The van der Waals surface area contributed by atoms with Gasteiger partial charge in [0, 0.05) is 24.0 Å². The van der Waals surface area contributed by atoms with Crippen molar-refractivity contribution in [3.8, 4) is 0 Å². The highest BCUT2D eigenvalue weighted by molar-refractivity contribution is 7.80. The van der Waals surface area contributed by atoms with E-state index < -0.39 is 0 Å². The minimum absolute atomic E-state index is 0.0112. The number of hydrogen-bond acceptors (Lipinski definition) is 4. The minimum Gasteiger partial charge on any atom is -0.467 e. The Morgan fingerprint density at radius 2 is 2.14 bits per heavy atom. The average molecular weight is 407 g/mol. The van der Waals surface area contributed by atoms with Crippen LogP contribution in [-0.2, 0) is 4.79 Å². The number of thiocarbonyl (C=S) groups is 1. The number of carbonyl (C=O) groups excluding carboxylic acids is 1. The van der Waals surface area contributed by atoms with Crippen LogP contribution in [-0.4, -0.2) is 16.0 Å². The molecule has 0 radical (unpaired) electrons. The maximum atomic E-state index is 11.8. The fraction of sp³-hybridized carbons (Fsp3) is 0.227. The molecule has 2 unspecified atom stereocenters. The lowest BCUT2D eigenvalue weighted by Crippen LogP contribution is -2.29. The zero-order valence-electron chi connectivity index (χ0n) is 16.3. The number of hydrogen-bond donors (Lipinski definition) is 2. The third kappa shape index (κ3) is 3.73. The van der Waals surface area contributed by atoms with Gasteiger partial charge in [-0.3, -0.25) is 9.78 Å². The molecule has 6 nitrogen and oxygen atoms in total. The van der Waals surface area contributed by atoms with Gasteiger partial charge in [0.05, 0.1) is 18.0 Å². The summed E-state index contributed by atoms with van der Waals surface area (Å²) in [5, 5.41) is 6.93. The summed E-state index contributed by atoms with van der Waals surface area (Å²) in [4.78, 5) is 18.3. The third-order valence-electron chi connectivity index (χ3n) is 5.02. The monoisotopic (exact) mass is 406 g/mol. The Kier molecular flexibility index (Phi) is 5.31. The molecule has 29 heavy (non-hydrogen) atoms. The Labute approximate surface area is 174 Å². The topological polar surface area (TPSA) is 70.4 Å². The molecule has 7 heteroatoms. The predicted molar refractivity (Wildman–Crippen MR) is 117 cm³/mol. The summed E-state index contributed by atoms with van der Waals surface area (Å²) in [6.07, 6.45) is 3.88. The van der Waals surface area contributed by atoms with Crippen LogP contribution in [0.15, 0.2) is 65.4 Å². The number of furan rings is 1. The lowest BCUT2D eigenvalue weighted by atomic mass is 10.0. The van der Waals surface area contributed by atoms with E-state index in [1.54, 1.807) is 12.5 Å². The molecule has 1 aliphatic rings. The molecule has 0 saturated carbocycles. The van der Waals surface area contributed by atoms with Crippen molar-refractivity contribution in [3.63, 3.8) is 0 Å². The van der Waals surface area contributed by atoms with Crippen LogP contribution in [0.5, 0.6) is 0 Å². The van der Waals surface area contributed by atoms with Gasteiger partial charge < -0.3 is 20.0 Å². The number of nitrogens with zero attached hydrogens (tertiary/aromatic N) is 2. The van der Waals surface area contributed by atoms with E-state index in [9.17, 15) is 4.79 Å². The molecule has 4 rings (SSSR count). The van der Waals surface area contributed by atoms with E-state index >= 15 is 0 Å². The van der Waals surface area contributed by atoms with Gasteiger partial charge >= 0.3 is 0 Å². The van der Waals surface area contributed by atoms with Gasteiger partial charge in [0.1, 0.15) is 11.8 Å². The van der Waals surface area contributed by atoms with E-state index in [2.05, 4.69) is 15.6 Å². The number of aromatic nitrogens is 1. The normalized spacial score (nSPS) is 18.6. The lowest BCUT2D eigenvalue weighted by molar-refractivity contribution is -0.115. The number of anilines is 2. The molecule has 1 fully saturated rings. The summed E-state index contributed by atoms with van der Waals surface area (Å²) in [5.41, 5.74) is 3.58. The van der Waals surface area contributed by atoms with Gasteiger partial charge in [0.2, 0.25) is 5.91 Å². The first kappa shape index (κ1) is 19.1. The van der Waals surface area contributed by atoms with Crippen LogP contribution < -0.4 is 15.5 Å². The van der Waals surface area contributed by atoms with E-state index in [1.807, 2.05) is 67.3 Å². The van der Waals surface area contributed by atoms with Crippen molar-refractivity contribution >= 4 is 34.6 Å². The number of rotatable bonds is 5. The number of nitrogens with one attached hydrogen (secondary N) is 2. The van der Waals surface area contributed by atoms with E-state index in [-0.39, 0.29) is 18.0 Å². The molecule has 0 aliphatic carbocycles. The first-order chi connectivity index (χ1) is 14.1. The molecule has 148 valence electrons. The van der Waals surface area contributed by atoms with Crippen LogP contribution >= 0.6 is 12.2 Å². The molecule has 3 heterocycles. The Hall–Kier alpha value is -3.19. The smallest absolute Gasteiger partial charge is 0.224 e. The van der Waals surface area contributed by atoms with E-state index in [1.165, 1.54) is 0 Å². The first-order valence-corrected chi connectivity index (χ1v) is 9.94. The molecule has 1 aliphatic heterocycles. The fourth-order valence-corrected chi connectivity index (χ4v) is 3.90. The molecule has 3 aromatic rings. The van der Waals surface area contributed by atoms with Gasteiger partial charge in [-0.25, -0.2) is 0 Å². The Balaban J connectivity index is 1.73. The zero-order chi connectivity index (χ0) is 20.4.